The van der Waals surface area contributed by atoms with E-state index in [0.717, 1.165) is 29.2 Å². The summed E-state index contributed by atoms with van der Waals surface area (Å²) in [5, 5.41) is 1.57. The smallest absolute Gasteiger partial charge is 0.433 e. The zero-order valence-electron chi connectivity index (χ0n) is 21.9. The molecule has 1 N–H and O–H groups in total. The molecule has 3 aromatic rings. The van der Waals surface area contributed by atoms with Crippen molar-refractivity contribution in [2.24, 2.45) is 0 Å². The second-order valence-electron chi connectivity index (χ2n) is 8.63. The summed E-state index contributed by atoms with van der Waals surface area (Å²) in [7, 11) is 3.12. The van der Waals surface area contributed by atoms with Gasteiger partial charge in [0.25, 0.3) is 5.91 Å². The lowest BCUT2D eigenvalue weighted by Crippen LogP contribution is -2.24. The fourth-order valence-electron chi connectivity index (χ4n) is 3.33. The Bertz CT molecular complexity index is 1360. The molecule has 0 radical (unpaired) electrons. The number of nitrogens with zero attached hydrogens (tertiary/aromatic N) is 3. The maximum atomic E-state index is 13.6. The first-order chi connectivity index (χ1) is 18.3. The molecular weight excluding hydrogens is 553 g/mol. The normalized spacial score (nSPS) is 12.1. The van der Waals surface area contributed by atoms with Gasteiger partial charge in [-0.25, -0.2) is 14.8 Å². The number of rotatable bonds is 9. The number of halogens is 3. The van der Waals surface area contributed by atoms with Gasteiger partial charge in [-0.15, -0.1) is 11.3 Å². The Labute approximate surface area is 232 Å². The third kappa shape index (κ3) is 7.35. The summed E-state index contributed by atoms with van der Waals surface area (Å²) in [4.78, 5) is 48.0. The number of aromatic nitrogens is 2. The molecule has 0 saturated heterocycles. The molecule has 1 atom stereocenters. The second kappa shape index (κ2) is 12.6. The number of thioether (sulfide) groups is 1. The number of ether oxygens (including phenoxy) is 1. The molecule has 208 valence electrons. The van der Waals surface area contributed by atoms with Crippen LogP contribution < -0.4 is 5.32 Å². The van der Waals surface area contributed by atoms with Crippen LogP contribution in [0.4, 0.5) is 18.2 Å². The number of carbonyl (C=O) groups excluding carboxylic acids is 3. The highest BCUT2D eigenvalue weighted by molar-refractivity contribution is 8.00. The van der Waals surface area contributed by atoms with Crippen LogP contribution >= 0.6 is 23.1 Å². The number of carbonyl (C=O) groups is 3. The number of hydrogen-bond acceptors (Lipinski definition) is 8. The van der Waals surface area contributed by atoms with Crippen LogP contribution in [0.3, 0.4) is 0 Å². The number of esters is 1. The molecule has 0 aliphatic rings. The molecule has 0 bridgehead atoms. The largest absolute Gasteiger partial charge is 0.462 e. The number of alkyl halides is 3. The van der Waals surface area contributed by atoms with Crippen molar-refractivity contribution in [2.75, 3.05) is 26.0 Å². The monoisotopic (exact) mass is 580 g/mol. The number of hydrogen-bond donors (Lipinski definition) is 1. The zero-order chi connectivity index (χ0) is 28.9. The Morgan fingerprint density at radius 3 is 2.41 bits per heavy atom. The minimum absolute atomic E-state index is 0.0610. The van der Waals surface area contributed by atoms with E-state index in [9.17, 15) is 27.6 Å². The molecule has 1 aromatic carbocycles. The first-order valence-electron chi connectivity index (χ1n) is 11.8. The van der Waals surface area contributed by atoms with E-state index in [1.807, 2.05) is 6.92 Å². The Kier molecular flexibility index (Phi) is 9.73. The number of anilines is 1. The highest BCUT2D eigenvalue weighted by Crippen LogP contribution is 2.36. The van der Waals surface area contributed by atoms with E-state index < -0.39 is 29.0 Å². The van der Waals surface area contributed by atoms with Gasteiger partial charge in [-0.3, -0.25) is 9.59 Å². The Morgan fingerprint density at radius 2 is 1.82 bits per heavy atom. The van der Waals surface area contributed by atoms with Gasteiger partial charge in [-0.05, 0) is 31.9 Å². The fraction of sp³-hybridized carbons (Fsp3) is 0.346. The number of benzene rings is 1. The Hall–Kier alpha value is -3.45. The van der Waals surface area contributed by atoms with E-state index in [1.54, 1.807) is 51.4 Å². The Balaban J connectivity index is 1.91. The fourth-order valence-corrected chi connectivity index (χ4v) is 5.33. The summed E-state index contributed by atoms with van der Waals surface area (Å²) >= 11 is 1.67. The van der Waals surface area contributed by atoms with Gasteiger partial charge >= 0.3 is 12.1 Å². The molecule has 2 amide bonds. The predicted molar refractivity (Wildman–Crippen MR) is 144 cm³/mol. The van der Waals surface area contributed by atoms with Crippen molar-refractivity contribution in [1.82, 2.24) is 14.9 Å². The van der Waals surface area contributed by atoms with E-state index in [4.69, 9.17) is 4.74 Å². The van der Waals surface area contributed by atoms with E-state index in [-0.39, 0.29) is 38.8 Å². The SMILES string of the molecule is CCCOC(=O)c1c(NC(=O)[C@H](C)Sc2nc(-c3ccccc3)cc(C(F)(F)F)n2)sc(C(=O)N(C)C)c1C. The van der Waals surface area contributed by atoms with Crippen LogP contribution in [0.1, 0.15) is 51.6 Å². The quantitative estimate of drug-likeness (QED) is 0.190. The maximum Gasteiger partial charge on any atom is 0.433 e. The molecule has 2 aromatic heterocycles. The summed E-state index contributed by atoms with van der Waals surface area (Å²) in [5.74, 6) is -1.65. The van der Waals surface area contributed by atoms with Gasteiger partial charge in [0.2, 0.25) is 5.91 Å². The van der Waals surface area contributed by atoms with Gasteiger partial charge in [-0.2, -0.15) is 13.2 Å². The van der Waals surface area contributed by atoms with Crippen LogP contribution in [0.15, 0.2) is 41.6 Å². The molecule has 2 heterocycles. The van der Waals surface area contributed by atoms with E-state index >= 15 is 0 Å². The summed E-state index contributed by atoms with van der Waals surface area (Å²) in [5.41, 5.74) is -0.176. The second-order valence-corrected chi connectivity index (χ2v) is 11.0. The molecule has 0 saturated carbocycles. The number of amides is 2. The molecule has 39 heavy (non-hydrogen) atoms. The van der Waals surface area contributed by atoms with Gasteiger partial charge in [0.15, 0.2) is 5.16 Å². The van der Waals surface area contributed by atoms with Gasteiger partial charge in [-0.1, -0.05) is 49.0 Å². The molecule has 0 aliphatic carbocycles. The topological polar surface area (TPSA) is 101 Å². The minimum atomic E-state index is -4.72. The van der Waals surface area contributed by atoms with Gasteiger partial charge in [0, 0.05) is 19.7 Å². The molecule has 0 fully saturated rings. The van der Waals surface area contributed by atoms with Crippen molar-refractivity contribution >= 4 is 45.9 Å². The number of nitrogens with one attached hydrogen (secondary N) is 1. The van der Waals surface area contributed by atoms with E-state index in [0.29, 0.717) is 17.5 Å². The lowest BCUT2D eigenvalue weighted by Gasteiger charge is -2.14. The summed E-state index contributed by atoms with van der Waals surface area (Å²) in [6.45, 7) is 5.05. The van der Waals surface area contributed by atoms with Gasteiger partial charge < -0.3 is 15.0 Å². The molecule has 3 rings (SSSR count). The minimum Gasteiger partial charge on any atom is -0.462 e. The van der Waals surface area contributed by atoms with E-state index in [2.05, 4.69) is 15.3 Å². The molecular formula is C26H27F3N4O4S2. The summed E-state index contributed by atoms with van der Waals surface area (Å²) in [6.07, 6.45) is -4.14. The van der Waals surface area contributed by atoms with Crippen LogP contribution in [0.2, 0.25) is 0 Å². The number of thiophene rings is 1. The zero-order valence-corrected chi connectivity index (χ0v) is 23.5. The van der Waals surface area contributed by atoms with Crippen molar-refractivity contribution < 1.29 is 32.3 Å². The van der Waals surface area contributed by atoms with Crippen molar-refractivity contribution in [3.05, 3.63) is 58.1 Å². The molecule has 0 unspecified atom stereocenters. The molecule has 8 nitrogen and oxygen atoms in total. The maximum absolute atomic E-state index is 13.6. The van der Waals surface area contributed by atoms with Crippen LogP contribution in [-0.2, 0) is 15.7 Å². The third-order valence-corrected chi connectivity index (χ3v) is 7.50. The van der Waals surface area contributed by atoms with Crippen LogP contribution in [0.5, 0.6) is 0 Å². The third-order valence-electron chi connectivity index (χ3n) is 5.34. The first-order valence-corrected chi connectivity index (χ1v) is 13.5. The van der Waals surface area contributed by atoms with Gasteiger partial charge in [0.1, 0.15) is 10.7 Å². The molecule has 0 spiro atoms. The van der Waals surface area contributed by atoms with Crippen LogP contribution in [0, 0.1) is 6.92 Å². The van der Waals surface area contributed by atoms with Crippen molar-refractivity contribution in [1.29, 1.82) is 0 Å². The first kappa shape index (κ1) is 30.1. The lowest BCUT2D eigenvalue weighted by molar-refractivity contribution is -0.141. The average Bonchev–Trinajstić information content (AvgIpc) is 3.21. The average molecular weight is 581 g/mol. The highest BCUT2D eigenvalue weighted by atomic mass is 32.2. The van der Waals surface area contributed by atoms with Crippen molar-refractivity contribution in [2.45, 2.75) is 43.8 Å². The summed E-state index contributed by atoms with van der Waals surface area (Å²) in [6, 6.07) is 9.18. The predicted octanol–water partition coefficient (Wildman–Crippen LogP) is 5.92. The standard InChI is InChI=1S/C26H27F3N4O4S2/c1-6-12-37-24(36)19-14(2)20(23(35)33(4)5)39-22(19)32-21(34)15(3)38-25-30-17(16-10-8-7-9-11-16)13-18(31-25)26(27,28)29/h7-11,13,15H,6,12H2,1-5H3,(H,32,34)/t15-/m0/s1. The van der Waals surface area contributed by atoms with Crippen LogP contribution in [-0.4, -0.2) is 58.6 Å². The lowest BCUT2D eigenvalue weighted by atomic mass is 10.1. The van der Waals surface area contributed by atoms with Crippen LogP contribution in [0.25, 0.3) is 11.3 Å². The molecule has 0 aliphatic heterocycles. The van der Waals surface area contributed by atoms with Crippen molar-refractivity contribution in [3.8, 4) is 11.3 Å². The van der Waals surface area contributed by atoms with Crippen molar-refractivity contribution in [3.63, 3.8) is 0 Å². The van der Waals surface area contributed by atoms with Gasteiger partial charge in [0.05, 0.1) is 28.0 Å². The Morgan fingerprint density at radius 1 is 1.15 bits per heavy atom. The highest BCUT2D eigenvalue weighted by Gasteiger charge is 2.34. The summed E-state index contributed by atoms with van der Waals surface area (Å²) < 4.78 is 45.9. The molecule has 13 heteroatoms. The van der Waals surface area contributed by atoms with E-state index in [1.165, 1.54) is 11.8 Å².